The Bertz CT molecular complexity index is 655. The Balaban J connectivity index is 1.73. The highest BCUT2D eigenvalue weighted by Gasteiger charge is 2.42. The van der Waals surface area contributed by atoms with Crippen molar-refractivity contribution in [1.82, 2.24) is 19.7 Å². The smallest absolute Gasteiger partial charge is 0.254 e. The second-order valence-corrected chi connectivity index (χ2v) is 5.58. The lowest BCUT2D eigenvalue weighted by Gasteiger charge is -2.36. The lowest BCUT2D eigenvalue weighted by Crippen LogP contribution is -2.48. The molecule has 116 valence electrons. The molecule has 7 heteroatoms. The molecule has 0 spiro atoms. The standard InChI is InChI=1S/C15H16F2N4O/c1-11-8-20(7-6-15(11,16)17)14(22)12-2-4-13(5-3-12)21-9-18-19-10-21/h2-5,9-11H,6-8H2,1H3. The lowest BCUT2D eigenvalue weighted by molar-refractivity contribution is -0.0921. The first-order valence-electron chi connectivity index (χ1n) is 7.09. The van der Waals surface area contributed by atoms with Gasteiger partial charge in [0.25, 0.3) is 11.8 Å². The van der Waals surface area contributed by atoms with Crippen LogP contribution in [0.5, 0.6) is 0 Å². The number of piperidine rings is 1. The van der Waals surface area contributed by atoms with Crippen molar-refractivity contribution >= 4 is 5.91 Å². The molecule has 1 aliphatic heterocycles. The second kappa shape index (κ2) is 5.47. The summed E-state index contributed by atoms with van der Waals surface area (Å²) in [5, 5.41) is 7.44. The minimum absolute atomic E-state index is 0.0824. The SMILES string of the molecule is CC1CN(C(=O)c2ccc(-n3cnnc3)cc2)CCC1(F)F. The fourth-order valence-corrected chi connectivity index (χ4v) is 2.56. The minimum atomic E-state index is -2.69. The summed E-state index contributed by atoms with van der Waals surface area (Å²) in [6.07, 6.45) is 2.84. The molecule has 0 bridgehead atoms. The Morgan fingerprint density at radius 2 is 1.86 bits per heavy atom. The van der Waals surface area contributed by atoms with Crippen molar-refractivity contribution in [3.8, 4) is 5.69 Å². The van der Waals surface area contributed by atoms with Crippen molar-refractivity contribution in [2.24, 2.45) is 5.92 Å². The van der Waals surface area contributed by atoms with Crippen molar-refractivity contribution in [1.29, 1.82) is 0 Å². The van der Waals surface area contributed by atoms with Crippen molar-refractivity contribution in [3.05, 3.63) is 42.5 Å². The Labute approximate surface area is 126 Å². The molecule has 0 aliphatic carbocycles. The predicted molar refractivity (Wildman–Crippen MR) is 76.0 cm³/mol. The third-order valence-electron chi connectivity index (χ3n) is 4.05. The number of benzene rings is 1. The average molecular weight is 306 g/mol. The number of nitrogens with zero attached hydrogens (tertiary/aromatic N) is 4. The largest absolute Gasteiger partial charge is 0.338 e. The average Bonchev–Trinajstić information content (AvgIpc) is 3.04. The van der Waals surface area contributed by atoms with E-state index >= 15 is 0 Å². The number of hydrogen-bond acceptors (Lipinski definition) is 3. The number of aromatic nitrogens is 3. The van der Waals surface area contributed by atoms with Crippen LogP contribution in [-0.4, -0.2) is 44.6 Å². The summed E-state index contributed by atoms with van der Waals surface area (Å²) in [4.78, 5) is 13.9. The molecule has 0 N–H and O–H groups in total. The van der Waals surface area contributed by atoms with E-state index in [9.17, 15) is 13.6 Å². The maximum Gasteiger partial charge on any atom is 0.254 e. The van der Waals surface area contributed by atoms with Crippen molar-refractivity contribution < 1.29 is 13.6 Å². The summed E-state index contributed by atoms with van der Waals surface area (Å²) in [6, 6.07) is 6.93. The van der Waals surface area contributed by atoms with Crippen LogP contribution in [0, 0.1) is 5.92 Å². The van der Waals surface area contributed by atoms with Gasteiger partial charge in [-0.05, 0) is 24.3 Å². The first kappa shape index (κ1) is 14.6. The molecule has 5 nitrogen and oxygen atoms in total. The molecule has 1 fully saturated rings. The van der Waals surface area contributed by atoms with Gasteiger partial charge in [0.15, 0.2) is 0 Å². The Hall–Kier alpha value is -2.31. The highest BCUT2D eigenvalue weighted by molar-refractivity contribution is 5.94. The van der Waals surface area contributed by atoms with Gasteiger partial charge in [0.2, 0.25) is 0 Å². The first-order valence-corrected chi connectivity index (χ1v) is 7.09. The van der Waals surface area contributed by atoms with Crippen LogP contribution in [0.4, 0.5) is 8.78 Å². The third kappa shape index (κ3) is 2.70. The zero-order valence-electron chi connectivity index (χ0n) is 12.1. The molecule has 1 amide bonds. The van der Waals surface area contributed by atoms with Gasteiger partial charge in [-0.3, -0.25) is 9.36 Å². The van der Waals surface area contributed by atoms with E-state index in [1.54, 1.807) is 41.5 Å². The van der Waals surface area contributed by atoms with Crippen LogP contribution in [0.1, 0.15) is 23.7 Å². The Morgan fingerprint density at radius 1 is 1.23 bits per heavy atom. The highest BCUT2D eigenvalue weighted by Crippen LogP contribution is 2.33. The van der Waals surface area contributed by atoms with Gasteiger partial charge in [-0.2, -0.15) is 0 Å². The molecule has 22 heavy (non-hydrogen) atoms. The molecule has 3 rings (SSSR count). The zero-order chi connectivity index (χ0) is 15.7. The monoisotopic (exact) mass is 306 g/mol. The summed E-state index contributed by atoms with van der Waals surface area (Å²) < 4.78 is 28.7. The van der Waals surface area contributed by atoms with Crippen LogP contribution in [0.3, 0.4) is 0 Å². The van der Waals surface area contributed by atoms with Gasteiger partial charge in [0.05, 0.1) is 0 Å². The van der Waals surface area contributed by atoms with E-state index in [1.165, 1.54) is 11.8 Å². The van der Waals surface area contributed by atoms with E-state index in [-0.39, 0.29) is 25.4 Å². The van der Waals surface area contributed by atoms with Crippen molar-refractivity contribution in [3.63, 3.8) is 0 Å². The molecule has 1 aromatic carbocycles. The molecule has 0 radical (unpaired) electrons. The number of carbonyl (C=O) groups is 1. The number of amides is 1. The fourth-order valence-electron chi connectivity index (χ4n) is 2.56. The normalized spacial score (nSPS) is 20.9. The second-order valence-electron chi connectivity index (χ2n) is 5.58. The molecule has 0 saturated carbocycles. The van der Waals surface area contributed by atoms with Gasteiger partial charge in [-0.15, -0.1) is 10.2 Å². The first-order chi connectivity index (χ1) is 10.5. The van der Waals surface area contributed by atoms with E-state index in [2.05, 4.69) is 10.2 Å². The van der Waals surface area contributed by atoms with Crippen LogP contribution in [0.2, 0.25) is 0 Å². The quantitative estimate of drug-likeness (QED) is 0.856. The summed E-state index contributed by atoms with van der Waals surface area (Å²) in [6.45, 7) is 1.65. The van der Waals surface area contributed by atoms with E-state index in [0.717, 1.165) is 5.69 Å². The van der Waals surface area contributed by atoms with E-state index in [4.69, 9.17) is 0 Å². The molecular formula is C15H16F2N4O. The molecule has 1 unspecified atom stereocenters. The van der Waals surface area contributed by atoms with Crippen LogP contribution in [-0.2, 0) is 0 Å². The van der Waals surface area contributed by atoms with Gasteiger partial charge in [-0.1, -0.05) is 6.92 Å². The lowest BCUT2D eigenvalue weighted by atomic mass is 9.95. The number of halogens is 2. The van der Waals surface area contributed by atoms with E-state index < -0.39 is 11.8 Å². The van der Waals surface area contributed by atoms with Crippen LogP contribution < -0.4 is 0 Å². The predicted octanol–water partition coefficient (Wildman–Crippen LogP) is 2.38. The Kier molecular flexibility index (Phi) is 3.64. The van der Waals surface area contributed by atoms with Gasteiger partial charge < -0.3 is 4.90 Å². The number of rotatable bonds is 2. The molecule has 1 saturated heterocycles. The van der Waals surface area contributed by atoms with E-state index in [1.807, 2.05) is 0 Å². The number of hydrogen-bond donors (Lipinski definition) is 0. The number of carbonyl (C=O) groups excluding carboxylic acids is 1. The molecule has 2 heterocycles. The zero-order valence-corrected chi connectivity index (χ0v) is 12.1. The summed E-state index contributed by atoms with van der Waals surface area (Å²) in [7, 11) is 0. The Morgan fingerprint density at radius 3 is 2.45 bits per heavy atom. The maximum absolute atomic E-state index is 13.5. The number of alkyl halides is 2. The topological polar surface area (TPSA) is 51.0 Å². The van der Waals surface area contributed by atoms with E-state index in [0.29, 0.717) is 5.56 Å². The van der Waals surface area contributed by atoms with Crippen molar-refractivity contribution in [2.75, 3.05) is 13.1 Å². The van der Waals surface area contributed by atoms with Crippen molar-refractivity contribution in [2.45, 2.75) is 19.3 Å². The molecule has 1 aromatic heterocycles. The van der Waals surface area contributed by atoms with Gasteiger partial charge in [0, 0.05) is 36.7 Å². The minimum Gasteiger partial charge on any atom is -0.338 e. The van der Waals surface area contributed by atoms with Crippen LogP contribution >= 0.6 is 0 Å². The fraction of sp³-hybridized carbons (Fsp3) is 0.400. The van der Waals surface area contributed by atoms with Gasteiger partial charge in [-0.25, -0.2) is 8.78 Å². The summed E-state index contributed by atoms with van der Waals surface area (Å²) in [5.41, 5.74) is 1.33. The van der Waals surface area contributed by atoms with Crippen LogP contribution in [0.15, 0.2) is 36.9 Å². The van der Waals surface area contributed by atoms with Crippen LogP contribution in [0.25, 0.3) is 5.69 Å². The molecule has 2 aromatic rings. The molecule has 1 atom stereocenters. The summed E-state index contributed by atoms with van der Waals surface area (Å²) in [5.74, 6) is -3.71. The third-order valence-corrected chi connectivity index (χ3v) is 4.05. The molecule has 1 aliphatic rings. The highest BCUT2D eigenvalue weighted by atomic mass is 19.3. The number of likely N-dealkylation sites (tertiary alicyclic amines) is 1. The van der Waals surface area contributed by atoms with Gasteiger partial charge in [0.1, 0.15) is 12.7 Å². The summed E-state index contributed by atoms with van der Waals surface area (Å²) >= 11 is 0. The maximum atomic E-state index is 13.5. The van der Waals surface area contributed by atoms with Gasteiger partial charge >= 0.3 is 0 Å². The molecular weight excluding hydrogens is 290 g/mol.